The summed E-state index contributed by atoms with van der Waals surface area (Å²) in [5, 5.41) is 9.61. The maximum Gasteiger partial charge on any atom is 0.272 e. The fourth-order valence-electron chi connectivity index (χ4n) is 3.76. The van der Waals surface area contributed by atoms with Gasteiger partial charge in [0.05, 0.1) is 41.2 Å². The minimum Gasteiger partial charge on any atom is -0.370 e. The molecule has 0 spiro atoms. The van der Waals surface area contributed by atoms with Gasteiger partial charge in [-0.1, -0.05) is 35.0 Å². The molecule has 3 aromatic rings. The lowest BCUT2D eigenvalue weighted by Gasteiger charge is -2.40. The highest BCUT2D eigenvalue weighted by Gasteiger charge is 2.38. The molecule has 2 aliphatic heterocycles. The molecule has 5 rings (SSSR count). The van der Waals surface area contributed by atoms with Crippen molar-refractivity contribution < 1.29 is 9.53 Å². The zero-order valence-corrected chi connectivity index (χ0v) is 14.6. The van der Waals surface area contributed by atoms with Crippen LogP contribution in [0.4, 0.5) is 0 Å². The van der Waals surface area contributed by atoms with Gasteiger partial charge in [0.15, 0.2) is 0 Å². The number of para-hydroxylation sites is 1. The van der Waals surface area contributed by atoms with Gasteiger partial charge in [-0.05, 0) is 18.6 Å². The van der Waals surface area contributed by atoms with Gasteiger partial charge in [0, 0.05) is 18.5 Å². The Morgan fingerprint density at radius 1 is 1.27 bits per heavy atom. The van der Waals surface area contributed by atoms with E-state index in [1.54, 1.807) is 18.3 Å². The summed E-state index contributed by atoms with van der Waals surface area (Å²) in [6, 6.07) is 9.21. The van der Waals surface area contributed by atoms with Crippen LogP contribution in [0.15, 0.2) is 36.5 Å². The number of rotatable bonds is 1. The summed E-state index contributed by atoms with van der Waals surface area (Å²) in [6.07, 6.45) is 2.54. The molecule has 1 saturated heterocycles. The zero-order chi connectivity index (χ0) is 17.7. The van der Waals surface area contributed by atoms with E-state index in [0.717, 1.165) is 17.5 Å². The number of halogens is 1. The first-order valence-electron chi connectivity index (χ1n) is 8.56. The SMILES string of the molecule is O=C(c1ccc2cccc(Cl)c2n1)N1CC[C@H]2OCc3cnnn3[C@@H]2C1. The lowest BCUT2D eigenvalue weighted by molar-refractivity contribution is -0.0605. The summed E-state index contributed by atoms with van der Waals surface area (Å²) < 4.78 is 7.79. The van der Waals surface area contributed by atoms with Crippen LogP contribution < -0.4 is 0 Å². The van der Waals surface area contributed by atoms with Gasteiger partial charge >= 0.3 is 0 Å². The fraction of sp³-hybridized carbons (Fsp3) is 0.333. The molecule has 8 heteroatoms. The number of hydrogen-bond acceptors (Lipinski definition) is 5. The molecule has 2 aliphatic rings. The van der Waals surface area contributed by atoms with Crippen LogP contribution >= 0.6 is 11.6 Å². The van der Waals surface area contributed by atoms with Gasteiger partial charge in [0.1, 0.15) is 5.69 Å². The number of nitrogens with zero attached hydrogens (tertiary/aromatic N) is 5. The molecule has 0 N–H and O–H groups in total. The molecular weight excluding hydrogens is 354 g/mol. The van der Waals surface area contributed by atoms with Crippen LogP contribution in [0.5, 0.6) is 0 Å². The molecule has 132 valence electrons. The van der Waals surface area contributed by atoms with Crippen LogP contribution in [0.2, 0.25) is 5.02 Å². The van der Waals surface area contributed by atoms with E-state index in [1.807, 2.05) is 27.8 Å². The number of ether oxygens (including phenoxy) is 1. The van der Waals surface area contributed by atoms with E-state index in [4.69, 9.17) is 16.3 Å². The van der Waals surface area contributed by atoms with Crippen molar-refractivity contribution in [3.63, 3.8) is 0 Å². The molecule has 26 heavy (non-hydrogen) atoms. The van der Waals surface area contributed by atoms with E-state index in [1.165, 1.54) is 0 Å². The van der Waals surface area contributed by atoms with Crippen molar-refractivity contribution in [3.8, 4) is 0 Å². The second-order valence-corrected chi connectivity index (χ2v) is 7.04. The number of pyridine rings is 1. The third-order valence-corrected chi connectivity index (χ3v) is 5.41. The average Bonchev–Trinajstić information content (AvgIpc) is 3.16. The molecule has 2 aromatic heterocycles. The van der Waals surface area contributed by atoms with Crippen molar-refractivity contribution in [2.75, 3.05) is 13.1 Å². The Hall–Kier alpha value is -2.51. The number of fused-ring (bicyclic) bond motifs is 4. The van der Waals surface area contributed by atoms with E-state index in [9.17, 15) is 4.79 Å². The molecule has 1 aromatic carbocycles. The topological polar surface area (TPSA) is 73.1 Å². The van der Waals surface area contributed by atoms with E-state index in [2.05, 4.69) is 15.3 Å². The van der Waals surface area contributed by atoms with Crippen LogP contribution in [0.25, 0.3) is 10.9 Å². The predicted molar refractivity (Wildman–Crippen MR) is 94.9 cm³/mol. The Bertz CT molecular complexity index is 1000. The first-order valence-corrected chi connectivity index (χ1v) is 8.94. The summed E-state index contributed by atoms with van der Waals surface area (Å²) in [5.74, 6) is -0.0995. The van der Waals surface area contributed by atoms with E-state index >= 15 is 0 Å². The number of hydrogen-bond donors (Lipinski definition) is 0. The second kappa shape index (κ2) is 6.03. The number of likely N-dealkylation sites (tertiary alicyclic amines) is 1. The lowest BCUT2D eigenvalue weighted by atomic mass is 10.00. The molecule has 0 bridgehead atoms. The number of aromatic nitrogens is 4. The van der Waals surface area contributed by atoms with E-state index in [0.29, 0.717) is 35.9 Å². The highest BCUT2D eigenvalue weighted by atomic mass is 35.5. The summed E-state index contributed by atoms with van der Waals surface area (Å²) in [6.45, 7) is 1.68. The van der Waals surface area contributed by atoms with Crippen molar-refractivity contribution in [1.82, 2.24) is 24.9 Å². The molecule has 0 radical (unpaired) electrons. The maximum absolute atomic E-state index is 13.0. The number of piperidine rings is 1. The van der Waals surface area contributed by atoms with Crippen molar-refractivity contribution in [2.45, 2.75) is 25.2 Å². The Morgan fingerprint density at radius 2 is 2.19 bits per heavy atom. The molecule has 0 saturated carbocycles. The van der Waals surface area contributed by atoms with Crippen molar-refractivity contribution in [1.29, 1.82) is 0 Å². The van der Waals surface area contributed by atoms with Crippen LogP contribution in [0.1, 0.15) is 28.6 Å². The second-order valence-electron chi connectivity index (χ2n) is 6.63. The van der Waals surface area contributed by atoms with Crippen LogP contribution in [0, 0.1) is 0 Å². The fourth-order valence-corrected chi connectivity index (χ4v) is 3.98. The molecule has 0 aliphatic carbocycles. The van der Waals surface area contributed by atoms with Gasteiger partial charge in [-0.15, -0.1) is 5.10 Å². The molecule has 1 amide bonds. The molecule has 1 fully saturated rings. The Balaban J connectivity index is 1.44. The van der Waals surface area contributed by atoms with Gasteiger partial charge in [-0.3, -0.25) is 4.79 Å². The number of benzene rings is 1. The summed E-state index contributed by atoms with van der Waals surface area (Å²) in [4.78, 5) is 19.3. The van der Waals surface area contributed by atoms with Gasteiger partial charge < -0.3 is 9.64 Å². The normalized spacial score (nSPS) is 22.1. The number of carbonyl (C=O) groups is 1. The van der Waals surface area contributed by atoms with Crippen molar-refractivity contribution >= 4 is 28.4 Å². The maximum atomic E-state index is 13.0. The smallest absolute Gasteiger partial charge is 0.272 e. The van der Waals surface area contributed by atoms with Gasteiger partial charge in [0.2, 0.25) is 0 Å². The van der Waals surface area contributed by atoms with Crippen LogP contribution in [-0.2, 0) is 11.3 Å². The third-order valence-electron chi connectivity index (χ3n) is 5.11. The Morgan fingerprint density at radius 3 is 3.12 bits per heavy atom. The van der Waals surface area contributed by atoms with E-state index < -0.39 is 0 Å². The van der Waals surface area contributed by atoms with Crippen molar-refractivity contribution in [2.24, 2.45) is 0 Å². The minimum atomic E-state index is -0.0995. The van der Waals surface area contributed by atoms with Crippen molar-refractivity contribution in [3.05, 3.63) is 52.9 Å². The van der Waals surface area contributed by atoms with Gasteiger partial charge in [-0.25, -0.2) is 9.67 Å². The van der Waals surface area contributed by atoms with Crippen LogP contribution in [-0.4, -0.2) is 50.0 Å². The third kappa shape index (κ3) is 2.47. The Labute approximate surface area is 154 Å². The van der Waals surface area contributed by atoms with Gasteiger partial charge in [0.25, 0.3) is 5.91 Å². The number of carbonyl (C=O) groups excluding carboxylic acids is 1. The first-order chi connectivity index (χ1) is 12.7. The molecule has 0 unspecified atom stereocenters. The largest absolute Gasteiger partial charge is 0.370 e. The molecule has 2 atom stereocenters. The number of amides is 1. The highest BCUT2D eigenvalue weighted by molar-refractivity contribution is 6.35. The average molecular weight is 370 g/mol. The Kier molecular flexibility index (Phi) is 3.65. The standard InChI is InChI=1S/C18H16ClN5O2/c19-13-3-1-2-11-4-5-14(21-17(11)13)18(25)23-7-6-16-15(9-23)24-12(10-26-16)8-20-22-24/h1-5,8,15-16H,6-7,9-10H2/t15-,16-/m1/s1. The quantitative estimate of drug-likeness (QED) is 0.658. The lowest BCUT2D eigenvalue weighted by Crippen LogP contribution is -2.50. The predicted octanol–water partition coefficient (Wildman–Crippen LogP) is 2.47. The molecule has 7 nitrogen and oxygen atoms in total. The first kappa shape index (κ1) is 15.7. The highest BCUT2D eigenvalue weighted by Crippen LogP contribution is 2.31. The van der Waals surface area contributed by atoms with E-state index in [-0.39, 0.29) is 18.1 Å². The minimum absolute atomic E-state index is 0.0111. The summed E-state index contributed by atoms with van der Waals surface area (Å²) in [7, 11) is 0. The molecular formula is C18H16ClN5O2. The summed E-state index contributed by atoms with van der Waals surface area (Å²) >= 11 is 6.23. The molecule has 4 heterocycles. The zero-order valence-electron chi connectivity index (χ0n) is 13.9. The van der Waals surface area contributed by atoms with Gasteiger partial charge in [-0.2, -0.15) is 0 Å². The monoisotopic (exact) mass is 369 g/mol. The summed E-state index contributed by atoms with van der Waals surface area (Å²) in [5.41, 5.74) is 1.99. The van der Waals surface area contributed by atoms with Crippen LogP contribution in [0.3, 0.4) is 0 Å².